The minimum absolute atomic E-state index is 0.172. The van der Waals surface area contributed by atoms with Gasteiger partial charge < -0.3 is 14.8 Å². The lowest BCUT2D eigenvalue weighted by molar-refractivity contribution is -0.00489. The number of hydrogen-bond donors (Lipinski definition) is 1. The molecule has 170 valence electrons. The van der Waals surface area contributed by atoms with Crippen LogP contribution in [0.2, 0.25) is 0 Å². The number of sulfonamides is 1. The van der Waals surface area contributed by atoms with Crippen LogP contribution in [0, 0.1) is 20.8 Å². The molecule has 1 fully saturated rings. The van der Waals surface area contributed by atoms with Gasteiger partial charge in [-0.1, -0.05) is 6.07 Å². The van der Waals surface area contributed by atoms with Gasteiger partial charge in [-0.2, -0.15) is 4.31 Å². The Morgan fingerprint density at radius 1 is 1.22 bits per heavy atom. The van der Waals surface area contributed by atoms with Crippen molar-refractivity contribution in [1.29, 1.82) is 0 Å². The van der Waals surface area contributed by atoms with E-state index in [4.69, 9.17) is 9.47 Å². The summed E-state index contributed by atoms with van der Waals surface area (Å²) in [4.78, 5) is 10.2. The summed E-state index contributed by atoms with van der Waals surface area (Å²) in [7, 11) is -2.28. The van der Waals surface area contributed by atoms with Crippen molar-refractivity contribution in [3.05, 3.63) is 58.2 Å². The van der Waals surface area contributed by atoms with Gasteiger partial charge in [0.2, 0.25) is 10.0 Å². The van der Waals surface area contributed by atoms with Gasteiger partial charge in [0, 0.05) is 24.2 Å². The number of pyridine rings is 1. The first-order valence-corrected chi connectivity index (χ1v) is 12.5. The molecule has 1 aromatic carbocycles. The van der Waals surface area contributed by atoms with Crippen molar-refractivity contribution < 1.29 is 17.9 Å². The van der Waals surface area contributed by atoms with Crippen LogP contribution in [0.5, 0.6) is 5.75 Å². The Labute approximate surface area is 192 Å². The minimum atomic E-state index is -3.76. The summed E-state index contributed by atoms with van der Waals surface area (Å²) < 4.78 is 39.7. The normalized spacial score (nSPS) is 17.3. The molecule has 1 N–H and O–H groups in total. The molecule has 10 heteroatoms. The lowest BCUT2D eigenvalue weighted by Crippen LogP contribution is -2.42. The summed E-state index contributed by atoms with van der Waals surface area (Å²) in [5.41, 5.74) is 2.53. The minimum Gasteiger partial charge on any atom is -0.495 e. The molecule has 0 saturated carbocycles. The van der Waals surface area contributed by atoms with Crippen LogP contribution in [0.25, 0.3) is 0 Å². The number of benzene rings is 1. The number of nitrogens with zero attached hydrogens (tertiary/aromatic N) is 3. The number of aryl methyl sites for hydroxylation is 3. The first kappa shape index (κ1) is 22.7. The molecule has 1 unspecified atom stereocenters. The number of methoxy groups -OCH3 is 1. The van der Waals surface area contributed by atoms with Gasteiger partial charge in [-0.05, 0) is 56.2 Å². The number of nitrogens with one attached hydrogen (secondary N) is 1. The van der Waals surface area contributed by atoms with E-state index in [2.05, 4.69) is 15.3 Å². The lowest BCUT2D eigenvalue weighted by atomic mass is 10.1. The van der Waals surface area contributed by atoms with Crippen molar-refractivity contribution >= 4 is 32.3 Å². The number of ether oxygens (including phenoxy) is 2. The highest BCUT2D eigenvalue weighted by molar-refractivity contribution is 7.89. The molecule has 0 spiro atoms. The van der Waals surface area contributed by atoms with Crippen molar-refractivity contribution in [1.82, 2.24) is 14.3 Å². The molecule has 0 bridgehead atoms. The van der Waals surface area contributed by atoms with E-state index in [9.17, 15) is 8.42 Å². The first-order valence-electron chi connectivity index (χ1n) is 10.2. The highest BCUT2D eigenvalue weighted by atomic mass is 32.2. The van der Waals surface area contributed by atoms with Gasteiger partial charge >= 0.3 is 0 Å². The molecule has 0 radical (unpaired) electrons. The van der Waals surface area contributed by atoms with Crippen molar-refractivity contribution in [2.24, 2.45) is 0 Å². The topological polar surface area (TPSA) is 93.7 Å². The summed E-state index contributed by atoms with van der Waals surface area (Å²) in [5.74, 6) is 0.982. The Hall–Kier alpha value is -2.53. The van der Waals surface area contributed by atoms with Gasteiger partial charge in [0.05, 0.1) is 19.4 Å². The van der Waals surface area contributed by atoms with E-state index in [1.54, 1.807) is 18.3 Å². The van der Waals surface area contributed by atoms with Gasteiger partial charge in [-0.25, -0.2) is 18.4 Å². The second-order valence-electron chi connectivity index (χ2n) is 7.66. The molecule has 0 amide bonds. The summed E-state index contributed by atoms with van der Waals surface area (Å²) in [6.45, 7) is 6.53. The fraction of sp³-hybridized carbons (Fsp3) is 0.364. The molecular weight excluding hydrogens is 448 g/mol. The molecule has 32 heavy (non-hydrogen) atoms. The average molecular weight is 475 g/mol. The van der Waals surface area contributed by atoms with E-state index in [1.165, 1.54) is 22.8 Å². The Balaban J connectivity index is 1.57. The van der Waals surface area contributed by atoms with Crippen molar-refractivity contribution in [3.8, 4) is 5.75 Å². The van der Waals surface area contributed by atoms with E-state index >= 15 is 0 Å². The molecule has 8 nitrogen and oxygen atoms in total. The monoisotopic (exact) mass is 474 g/mol. The van der Waals surface area contributed by atoms with Crippen LogP contribution in [0.15, 0.2) is 41.4 Å². The standard InChI is InChI=1S/C22H26N4O4S2/c1-14-10-18(29-4)20(11-15(14)2)32(27,28)26-8-9-30-19(13-26)17-6-5-7-21(24-17)25-22-23-12-16(3)31-22/h5-7,10-12,19H,8-9,13H2,1-4H3,(H,23,24,25). The molecule has 1 atom stereocenters. The molecular formula is C22H26N4O4S2. The van der Waals surface area contributed by atoms with Crippen molar-refractivity contribution in [3.63, 3.8) is 0 Å². The van der Waals surface area contributed by atoms with Gasteiger partial charge in [-0.15, -0.1) is 11.3 Å². The SMILES string of the molecule is COc1cc(C)c(C)cc1S(=O)(=O)N1CCOC(c2cccc(Nc3ncc(C)s3)n2)C1. The molecule has 0 aliphatic carbocycles. The second-order valence-corrected chi connectivity index (χ2v) is 10.8. The maximum Gasteiger partial charge on any atom is 0.246 e. The first-order chi connectivity index (χ1) is 15.3. The summed E-state index contributed by atoms with van der Waals surface area (Å²) in [5, 5.41) is 3.94. The van der Waals surface area contributed by atoms with Gasteiger partial charge in [0.15, 0.2) is 5.13 Å². The number of hydrogen-bond acceptors (Lipinski definition) is 8. The molecule has 3 aromatic rings. The number of morpholine rings is 1. The van der Waals surface area contributed by atoms with Crippen LogP contribution in [0.1, 0.15) is 27.8 Å². The maximum atomic E-state index is 13.5. The zero-order valence-electron chi connectivity index (χ0n) is 18.5. The fourth-order valence-electron chi connectivity index (χ4n) is 3.51. The van der Waals surface area contributed by atoms with E-state index in [0.717, 1.165) is 21.1 Å². The second kappa shape index (κ2) is 9.14. The molecule has 1 aliphatic heterocycles. The predicted octanol–water partition coefficient (Wildman–Crippen LogP) is 3.98. The quantitative estimate of drug-likeness (QED) is 0.578. The predicted molar refractivity (Wildman–Crippen MR) is 124 cm³/mol. The Kier molecular flexibility index (Phi) is 6.47. The van der Waals surface area contributed by atoms with E-state index in [1.807, 2.05) is 39.0 Å². The number of rotatable bonds is 6. The van der Waals surface area contributed by atoms with E-state index in [-0.39, 0.29) is 24.6 Å². The molecule has 2 aromatic heterocycles. The third-order valence-corrected chi connectivity index (χ3v) is 8.10. The average Bonchev–Trinajstić information content (AvgIpc) is 3.20. The van der Waals surface area contributed by atoms with Gasteiger partial charge in [0.25, 0.3) is 0 Å². The third-order valence-electron chi connectivity index (χ3n) is 5.38. The zero-order chi connectivity index (χ0) is 22.9. The molecule has 3 heterocycles. The molecule has 1 aliphatic rings. The van der Waals surface area contributed by atoms with Crippen LogP contribution in [0.4, 0.5) is 10.9 Å². The summed E-state index contributed by atoms with van der Waals surface area (Å²) in [6, 6.07) is 8.99. The number of anilines is 2. The summed E-state index contributed by atoms with van der Waals surface area (Å²) >= 11 is 1.54. The van der Waals surface area contributed by atoms with E-state index < -0.39 is 16.1 Å². The lowest BCUT2D eigenvalue weighted by Gasteiger charge is -2.32. The highest BCUT2D eigenvalue weighted by Crippen LogP contribution is 2.33. The smallest absolute Gasteiger partial charge is 0.246 e. The van der Waals surface area contributed by atoms with Crippen LogP contribution < -0.4 is 10.1 Å². The van der Waals surface area contributed by atoms with Crippen LogP contribution >= 0.6 is 11.3 Å². The third kappa shape index (κ3) is 4.63. The maximum absolute atomic E-state index is 13.5. The Morgan fingerprint density at radius 2 is 2.00 bits per heavy atom. The van der Waals surface area contributed by atoms with E-state index in [0.29, 0.717) is 17.3 Å². The van der Waals surface area contributed by atoms with Gasteiger partial charge in [-0.3, -0.25) is 0 Å². The fourth-order valence-corrected chi connectivity index (χ4v) is 5.83. The van der Waals surface area contributed by atoms with Crippen LogP contribution in [-0.2, 0) is 14.8 Å². The van der Waals surface area contributed by atoms with Gasteiger partial charge in [0.1, 0.15) is 22.6 Å². The number of aromatic nitrogens is 2. The van der Waals surface area contributed by atoms with Crippen molar-refractivity contribution in [2.75, 3.05) is 32.1 Å². The van der Waals surface area contributed by atoms with Crippen LogP contribution in [-0.4, -0.2) is 49.5 Å². The zero-order valence-corrected chi connectivity index (χ0v) is 20.1. The van der Waals surface area contributed by atoms with Crippen LogP contribution in [0.3, 0.4) is 0 Å². The van der Waals surface area contributed by atoms with Crippen molar-refractivity contribution in [2.45, 2.75) is 31.8 Å². The Bertz CT molecular complexity index is 1230. The molecule has 4 rings (SSSR count). The number of thiazole rings is 1. The summed E-state index contributed by atoms with van der Waals surface area (Å²) in [6.07, 6.45) is 1.32. The largest absolute Gasteiger partial charge is 0.495 e. The highest BCUT2D eigenvalue weighted by Gasteiger charge is 2.34. The molecule has 1 saturated heterocycles. The Morgan fingerprint density at radius 3 is 2.72 bits per heavy atom.